The normalized spacial score (nSPS) is 18.1. The second-order valence-corrected chi connectivity index (χ2v) is 9.19. The van der Waals surface area contributed by atoms with Crippen molar-refractivity contribution in [2.24, 2.45) is 5.92 Å². The first kappa shape index (κ1) is 24.9. The van der Waals surface area contributed by atoms with Gasteiger partial charge in [-0.2, -0.15) is 0 Å². The molecule has 2 aliphatic heterocycles. The first-order valence-electron chi connectivity index (χ1n) is 12.2. The van der Waals surface area contributed by atoms with E-state index in [2.05, 4.69) is 17.0 Å². The minimum atomic E-state index is 0.120. The number of rotatable bonds is 9. The number of nitrogens with zero attached hydrogens (tertiary/aromatic N) is 2. The van der Waals surface area contributed by atoms with E-state index in [4.69, 9.17) is 18.9 Å². The van der Waals surface area contributed by atoms with E-state index < -0.39 is 0 Å². The van der Waals surface area contributed by atoms with Crippen LogP contribution in [0, 0.1) is 5.92 Å². The Kier molecular flexibility index (Phi) is 8.18. The van der Waals surface area contributed by atoms with E-state index in [1.165, 1.54) is 5.56 Å². The van der Waals surface area contributed by atoms with Gasteiger partial charge in [0.05, 0.1) is 34.9 Å². The summed E-state index contributed by atoms with van der Waals surface area (Å²) >= 11 is 0. The second kappa shape index (κ2) is 11.5. The molecule has 1 atom stereocenters. The lowest BCUT2D eigenvalue weighted by atomic mass is 9.96. The molecule has 35 heavy (non-hydrogen) atoms. The SMILES string of the molecule is COc1ccc(CCN2CCC[C@H](CN3C=Cc4cc(OC)c(OC)cc4CC3=O)C2)cc1OC. The lowest BCUT2D eigenvalue weighted by Crippen LogP contribution is -2.42. The number of piperidine rings is 1. The van der Waals surface area contributed by atoms with Gasteiger partial charge in [-0.05, 0) is 78.8 Å². The largest absolute Gasteiger partial charge is 0.493 e. The first-order valence-corrected chi connectivity index (χ1v) is 12.2. The number of likely N-dealkylation sites (tertiary alicyclic amines) is 1. The molecule has 188 valence electrons. The fourth-order valence-electron chi connectivity index (χ4n) is 5.03. The number of fused-ring (bicyclic) bond motifs is 1. The van der Waals surface area contributed by atoms with Crippen LogP contribution in [-0.2, 0) is 17.6 Å². The minimum absolute atomic E-state index is 0.120. The number of carbonyl (C=O) groups is 1. The van der Waals surface area contributed by atoms with E-state index in [9.17, 15) is 4.79 Å². The van der Waals surface area contributed by atoms with Gasteiger partial charge >= 0.3 is 0 Å². The molecule has 2 aromatic rings. The maximum Gasteiger partial charge on any atom is 0.230 e. The van der Waals surface area contributed by atoms with E-state index in [1.54, 1.807) is 28.4 Å². The predicted octanol–water partition coefficient (Wildman–Crippen LogP) is 4.03. The number of ether oxygens (including phenoxy) is 4. The molecule has 2 heterocycles. The number of amides is 1. The Morgan fingerprint density at radius 3 is 2.37 bits per heavy atom. The van der Waals surface area contributed by atoms with Crippen LogP contribution in [0.15, 0.2) is 36.5 Å². The molecule has 4 rings (SSSR count). The summed E-state index contributed by atoms with van der Waals surface area (Å²) < 4.78 is 21.6. The van der Waals surface area contributed by atoms with Crippen LogP contribution in [0.4, 0.5) is 0 Å². The zero-order valence-electron chi connectivity index (χ0n) is 21.2. The lowest BCUT2D eigenvalue weighted by molar-refractivity contribution is -0.128. The van der Waals surface area contributed by atoms with Crippen LogP contribution in [-0.4, -0.2) is 70.3 Å². The van der Waals surface area contributed by atoms with Crippen LogP contribution in [0.25, 0.3) is 6.08 Å². The summed E-state index contributed by atoms with van der Waals surface area (Å²) in [4.78, 5) is 17.5. The summed E-state index contributed by atoms with van der Waals surface area (Å²) in [6.07, 6.45) is 7.55. The third kappa shape index (κ3) is 5.90. The number of benzene rings is 2. The monoisotopic (exact) mass is 480 g/mol. The van der Waals surface area contributed by atoms with Crippen molar-refractivity contribution in [1.29, 1.82) is 0 Å². The summed E-state index contributed by atoms with van der Waals surface area (Å²) in [5.41, 5.74) is 3.20. The van der Waals surface area contributed by atoms with Crippen LogP contribution in [0.3, 0.4) is 0 Å². The number of methoxy groups -OCH3 is 4. The van der Waals surface area contributed by atoms with Gasteiger partial charge < -0.3 is 28.7 Å². The predicted molar refractivity (Wildman–Crippen MR) is 136 cm³/mol. The van der Waals surface area contributed by atoms with Crippen LogP contribution >= 0.6 is 0 Å². The third-order valence-electron chi connectivity index (χ3n) is 6.96. The summed E-state index contributed by atoms with van der Waals surface area (Å²) in [5, 5.41) is 0. The molecule has 2 aliphatic rings. The molecule has 0 N–H and O–H groups in total. The molecule has 0 spiro atoms. The molecule has 0 saturated carbocycles. The van der Waals surface area contributed by atoms with Gasteiger partial charge in [-0.15, -0.1) is 0 Å². The second-order valence-electron chi connectivity index (χ2n) is 9.19. The maximum absolute atomic E-state index is 13.1. The highest BCUT2D eigenvalue weighted by molar-refractivity contribution is 5.84. The molecular weight excluding hydrogens is 444 g/mol. The highest BCUT2D eigenvalue weighted by atomic mass is 16.5. The van der Waals surface area contributed by atoms with Crippen LogP contribution < -0.4 is 18.9 Å². The van der Waals surface area contributed by atoms with Crippen molar-refractivity contribution in [2.75, 3.05) is 54.6 Å². The fourth-order valence-corrected chi connectivity index (χ4v) is 5.03. The van der Waals surface area contributed by atoms with Gasteiger partial charge in [-0.3, -0.25) is 4.79 Å². The van der Waals surface area contributed by atoms with Gasteiger partial charge in [0.25, 0.3) is 0 Å². The Balaban J connectivity index is 1.36. The average Bonchev–Trinajstić information content (AvgIpc) is 3.04. The highest BCUT2D eigenvalue weighted by Gasteiger charge is 2.25. The van der Waals surface area contributed by atoms with Crippen molar-refractivity contribution < 1.29 is 23.7 Å². The van der Waals surface area contributed by atoms with Gasteiger partial charge in [0, 0.05) is 25.8 Å². The summed E-state index contributed by atoms with van der Waals surface area (Å²) in [6, 6.07) is 9.98. The van der Waals surface area contributed by atoms with E-state index in [0.717, 1.165) is 68.1 Å². The molecular formula is C28H36N2O5. The minimum Gasteiger partial charge on any atom is -0.493 e. The topological polar surface area (TPSA) is 60.5 Å². The lowest BCUT2D eigenvalue weighted by Gasteiger charge is -2.34. The molecule has 0 aromatic heterocycles. The Morgan fingerprint density at radius 2 is 1.63 bits per heavy atom. The third-order valence-corrected chi connectivity index (χ3v) is 6.96. The van der Waals surface area contributed by atoms with Gasteiger partial charge in [-0.25, -0.2) is 0 Å². The van der Waals surface area contributed by atoms with Gasteiger partial charge in [-0.1, -0.05) is 6.07 Å². The van der Waals surface area contributed by atoms with Crippen molar-refractivity contribution in [3.05, 3.63) is 53.2 Å². The van der Waals surface area contributed by atoms with E-state index >= 15 is 0 Å². The van der Waals surface area contributed by atoms with Crippen LogP contribution in [0.2, 0.25) is 0 Å². The van der Waals surface area contributed by atoms with E-state index in [0.29, 0.717) is 23.8 Å². The van der Waals surface area contributed by atoms with Crippen molar-refractivity contribution in [3.8, 4) is 23.0 Å². The Hall–Kier alpha value is -3.19. The van der Waals surface area contributed by atoms with Crippen molar-refractivity contribution in [2.45, 2.75) is 25.7 Å². The molecule has 0 bridgehead atoms. The Labute approximate surface area is 208 Å². The van der Waals surface area contributed by atoms with Gasteiger partial charge in [0.15, 0.2) is 23.0 Å². The first-order chi connectivity index (χ1) is 17.0. The van der Waals surface area contributed by atoms with E-state index in [1.807, 2.05) is 35.4 Å². The van der Waals surface area contributed by atoms with Gasteiger partial charge in [0.1, 0.15) is 0 Å². The number of hydrogen-bond acceptors (Lipinski definition) is 6. The summed E-state index contributed by atoms with van der Waals surface area (Å²) in [7, 11) is 6.57. The molecule has 0 unspecified atom stereocenters. The average molecular weight is 481 g/mol. The van der Waals surface area contributed by atoms with Gasteiger partial charge in [0.2, 0.25) is 5.91 Å². The highest BCUT2D eigenvalue weighted by Crippen LogP contribution is 2.33. The number of carbonyl (C=O) groups excluding carboxylic acids is 1. The van der Waals surface area contributed by atoms with Crippen molar-refractivity contribution in [1.82, 2.24) is 9.80 Å². The summed E-state index contributed by atoms with van der Waals surface area (Å²) in [6.45, 7) is 3.82. The smallest absolute Gasteiger partial charge is 0.230 e. The number of hydrogen-bond donors (Lipinski definition) is 0. The molecule has 1 amide bonds. The van der Waals surface area contributed by atoms with Crippen LogP contribution in [0.5, 0.6) is 23.0 Å². The fraction of sp³-hybridized carbons (Fsp3) is 0.464. The summed E-state index contributed by atoms with van der Waals surface area (Å²) in [5.74, 6) is 3.42. The van der Waals surface area contributed by atoms with Crippen molar-refractivity contribution >= 4 is 12.0 Å². The molecule has 7 nitrogen and oxygen atoms in total. The molecule has 1 fully saturated rings. The molecule has 0 radical (unpaired) electrons. The standard InChI is InChI=1S/C28H36N2O5/c1-32-24-8-7-20(14-25(24)33-2)9-12-29-11-5-6-21(18-29)19-30-13-10-22-15-26(34-3)27(35-4)16-23(22)17-28(30)31/h7-8,10,13-16,21H,5-6,9,11-12,17-19H2,1-4H3/t21-/m0/s1. The van der Waals surface area contributed by atoms with Crippen LogP contribution in [0.1, 0.15) is 29.5 Å². The molecule has 7 heteroatoms. The maximum atomic E-state index is 13.1. The Morgan fingerprint density at radius 1 is 0.914 bits per heavy atom. The van der Waals surface area contributed by atoms with Crippen molar-refractivity contribution in [3.63, 3.8) is 0 Å². The molecule has 2 aromatic carbocycles. The molecule has 1 saturated heterocycles. The zero-order valence-corrected chi connectivity index (χ0v) is 21.2. The molecule has 0 aliphatic carbocycles. The van der Waals surface area contributed by atoms with E-state index in [-0.39, 0.29) is 5.91 Å². The Bertz CT molecular complexity index is 1070. The quantitative estimate of drug-likeness (QED) is 0.540. The zero-order chi connectivity index (χ0) is 24.8.